The molecule has 5 rings (SSSR count). The largest absolute Gasteiger partial charge is 0.492 e. The standard InChI is InChI=1S/C24H18Cl2FN3O3S/c25-13-7-14(28)9-15(8-13)33-22-17(26)2-1-12(21(22)27)11-29-24(31)19-10-16-18(30-19)3-4-20-23(16)34-6-5-32-20/h1-4,7-10,30H,5-6,11,28H2,(H,29,31). The summed E-state index contributed by atoms with van der Waals surface area (Å²) in [5.41, 5.74) is 7.55. The quantitative estimate of drug-likeness (QED) is 0.266. The van der Waals surface area contributed by atoms with Crippen LogP contribution in [0.15, 0.2) is 53.4 Å². The number of hydrogen-bond donors (Lipinski definition) is 3. The molecule has 174 valence electrons. The molecule has 0 saturated carbocycles. The summed E-state index contributed by atoms with van der Waals surface area (Å²) in [4.78, 5) is 16.9. The number of benzene rings is 3. The maximum absolute atomic E-state index is 15.2. The third-order valence-electron chi connectivity index (χ3n) is 5.23. The van der Waals surface area contributed by atoms with Gasteiger partial charge in [0.1, 0.15) is 17.2 Å². The van der Waals surface area contributed by atoms with E-state index in [1.165, 1.54) is 24.3 Å². The molecule has 6 nitrogen and oxygen atoms in total. The number of aromatic nitrogens is 1. The molecule has 1 aliphatic rings. The van der Waals surface area contributed by atoms with Crippen LogP contribution in [0.25, 0.3) is 10.9 Å². The van der Waals surface area contributed by atoms with Gasteiger partial charge in [0, 0.05) is 45.5 Å². The fourth-order valence-corrected chi connectivity index (χ4v) is 5.06. The minimum absolute atomic E-state index is 0.0682. The highest BCUT2D eigenvalue weighted by Crippen LogP contribution is 2.39. The highest BCUT2D eigenvalue weighted by molar-refractivity contribution is 7.99. The average Bonchev–Trinajstić information content (AvgIpc) is 3.26. The molecule has 0 unspecified atom stereocenters. The first-order valence-electron chi connectivity index (χ1n) is 10.3. The Hall–Kier alpha value is -3.07. The number of ether oxygens (including phenoxy) is 2. The molecule has 0 radical (unpaired) electrons. The number of thioether (sulfide) groups is 1. The van der Waals surface area contributed by atoms with Gasteiger partial charge in [0.05, 0.1) is 16.5 Å². The predicted octanol–water partition coefficient (Wildman–Crippen LogP) is 6.40. The maximum atomic E-state index is 15.2. The van der Waals surface area contributed by atoms with Gasteiger partial charge < -0.3 is 25.5 Å². The number of nitrogens with one attached hydrogen (secondary N) is 2. The molecule has 3 aromatic carbocycles. The van der Waals surface area contributed by atoms with E-state index in [1.807, 2.05) is 12.1 Å². The van der Waals surface area contributed by atoms with Crippen molar-refractivity contribution in [1.82, 2.24) is 10.3 Å². The van der Waals surface area contributed by atoms with Gasteiger partial charge in [-0.05, 0) is 36.4 Å². The summed E-state index contributed by atoms with van der Waals surface area (Å²) in [6.45, 7) is 0.589. The Kier molecular flexibility index (Phi) is 6.20. The Labute approximate surface area is 208 Å². The lowest BCUT2D eigenvalue weighted by molar-refractivity contribution is 0.0946. The summed E-state index contributed by atoms with van der Waals surface area (Å²) in [5, 5.41) is 4.08. The Balaban J connectivity index is 1.35. The van der Waals surface area contributed by atoms with Gasteiger partial charge in [-0.15, -0.1) is 11.8 Å². The molecule has 34 heavy (non-hydrogen) atoms. The van der Waals surface area contributed by atoms with Crippen molar-refractivity contribution in [2.45, 2.75) is 11.4 Å². The van der Waals surface area contributed by atoms with Crippen LogP contribution in [0.5, 0.6) is 17.2 Å². The molecule has 0 bridgehead atoms. The summed E-state index contributed by atoms with van der Waals surface area (Å²) >= 11 is 13.8. The monoisotopic (exact) mass is 517 g/mol. The van der Waals surface area contributed by atoms with Crippen LogP contribution in [-0.4, -0.2) is 23.3 Å². The van der Waals surface area contributed by atoms with Gasteiger partial charge in [-0.1, -0.05) is 29.3 Å². The van der Waals surface area contributed by atoms with Crippen molar-refractivity contribution in [1.29, 1.82) is 0 Å². The minimum Gasteiger partial charge on any atom is -0.492 e. The first kappa shape index (κ1) is 22.7. The number of rotatable bonds is 5. The van der Waals surface area contributed by atoms with Gasteiger partial charge in [-0.3, -0.25) is 4.79 Å². The maximum Gasteiger partial charge on any atom is 0.267 e. The van der Waals surface area contributed by atoms with Crippen LogP contribution < -0.4 is 20.5 Å². The van der Waals surface area contributed by atoms with E-state index in [0.717, 1.165) is 27.3 Å². The Morgan fingerprint density at radius 3 is 2.88 bits per heavy atom. The molecule has 2 heterocycles. The van der Waals surface area contributed by atoms with E-state index >= 15 is 4.39 Å². The van der Waals surface area contributed by atoms with Crippen LogP contribution in [0.3, 0.4) is 0 Å². The smallest absolute Gasteiger partial charge is 0.267 e. The first-order chi connectivity index (χ1) is 16.4. The second-order valence-electron chi connectivity index (χ2n) is 7.59. The summed E-state index contributed by atoms with van der Waals surface area (Å²) in [5.74, 6) is 0.671. The zero-order chi connectivity index (χ0) is 23.8. The van der Waals surface area contributed by atoms with Crippen molar-refractivity contribution < 1.29 is 18.7 Å². The van der Waals surface area contributed by atoms with Crippen molar-refractivity contribution in [3.63, 3.8) is 0 Å². The van der Waals surface area contributed by atoms with Crippen LogP contribution in [-0.2, 0) is 6.54 Å². The molecule has 0 spiro atoms. The lowest BCUT2D eigenvalue weighted by Crippen LogP contribution is -2.23. The number of carbonyl (C=O) groups is 1. The third-order valence-corrected chi connectivity index (χ3v) is 6.83. The van der Waals surface area contributed by atoms with Crippen molar-refractivity contribution >= 4 is 57.5 Å². The molecule has 1 aliphatic heterocycles. The molecule has 0 aliphatic carbocycles. The molecule has 10 heteroatoms. The van der Waals surface area contributed by atoms with Gasteiger partial charge in [0.25, 0.3) is 5.91 Å². The molecular weight excluding hydrogens is 500 g/mol. The summed E-state index contributed by atoms with van der Waals surface area (Å²) in [6.07, 6.45) is 0. The molecule has 1 amide bonds. The number of halogens is 3. The topological polar surface area (TPSA) is 89.4 Å². The number of H-pyrrole nitrogens is 1. The van der Waals surface area contributed by atoms with Crippen LogP contribution in [0, 0.1) is 5.82 Å². The highest BCUT2D eigenvalue weighted by atomic mass is 35.5. The van der Waals surface area contributed by atoms with E-state index in [9.17, 15) is 4.79 Å². The molecule has 0 atom stereocenters. The Morgan fingerprint density at radius 2 is 2.06 bits per heavy atom. The average molecular weight is 518 g/mol. The van der Waals surface area contributed by atoms with Gasteiger partial charge in [0.2, 0.25) is 0 Å². The van der Waals surface area contributed by atoms with Crippen molar-refractivity contribution in [2.24, 2.45) is 0 Å². The van der Waals surface area contributed by atoms with Gasteiger partial charge >= 0.3 is 0 Å². The lowest BCUT2D eigenvalue weighted by atomic mass is 10.2. The number of nitrogens with two attached hydrogens (primary N) is 1. The van der Waals surface area contributed by atoms with Gasteiger partial charge in [-0.2, -0.15) is 0 Å². The summed E-state index contributed by atoms with van der Waals surface area (Å²) in [6, 6.07) is 13.1. The van der Waals surface area contributed by atoms with E-state index < -0.39 is 5.82 Å². The van der Waals surface area contributed by atoms with E-state index in [0.29, 0.717) is 23.0 Å². The third kappa shape index (κ3) is 4.49. The highest BCUT2D eigenvalue weighted by Gasteiger charge is 2.19. The van der Waals surface area contributed by atoms with Crippen molar-refractivity contribution in [3.05, 3.63) is 75.7 Å². The molecule has 4 N–H and O–H groups in total. The van der Waals surface area contributed by atoms with Crippen LogP contribution in [0.2, 0.25) is 10.0 Å². The number of fused-ring (bicyclic) bond motifs is 3. The summed E-state index contributed by atoms with van der Waals surface area (Å²) in [7, 11) is 0. The van der Waals surface area contributed by atoms with Crippen LogP contribution >= 0.6 is 35.0 Å². The van der Waals surface area contributed by atoms with Crippen LogP contribution in [0.1, 0.15) is 16.1 Å². The fraction of sp³-hybridized carbons (Fsp3) is 0.125. The fourth-order valence-electron chi connectivity index (χ4n) is 3.67. The van der Waals surface area contributed by atoms with E-state index in [4.69, 9.17) is 38.4 Å². The van der Waals surface area contributed by atoms with Crippen LogP contribution in [0.4, 0.5) is 10.1 Å². The minimum atomic E-state index is -0.689. The number of carbonyl (C=O) groups excluding carboxylic acids is 1. The zero-order valence-electron chi connectivity index (χ0n) is 17.6. The van der Waals surface area contributed by atoms with E-state index in [2.05, 4.69) is 10.3 Å². The number of anilines is 1. The van der Waals surface area contributed by atoms with Gasteiger partial charge in [-0.25, -0.2) is 4.39 Å². The van der Waals surface area contributed by atoms with Crippen molar-refractivity contribution in [3.8, 4) is 17.2 Å². The molecular formula is C24H18Cl2FN3O3S. The normalized spacial score (nSPS) is 12.8. The number of aromatic amines is 1. The second kappa shape index (κ2) is 9.29. The zero-order valence-corrected chi connectivity index (χ0v) is 19.9. The molecule has 1 aromatic heterocycles. The number of nitrogen functional groups attached to an aromatic ring is 1. The lowest BCUT2D eigenvalue weighted by Gasteiger charge is -2.16. The number of hydrogen-bond acceptors (Lipinski definition) is 5. The Bertz CT molecular complexity index is 1410. The predicted molar refractivity (Wildman–Crippen MR) is 133 cm³/mol. The van der Waals surface area contributed by atoms with Crippen molar-refractivity contribution in [2.75, 3.05) is 18.1 Å². The first-order valence-corrected chi connectivity index (χ1v) is 12.0. The second-order valence-corrected chi connectivity index (χ2v) is 9.54. The summed E-state index contributed by atoms with van der Waals surface area (Å²) < 4.78 is 26.5. The molecule has 0 saturated heterocycles. The molecule has 4 aromatic rings. The molecule has 0 fully saturated rings. The van der Waals surface area contributed by atoms with Gasteiger partial charge in [0.15, 0.2) is 11.6 Å². The van der Waals surface area contributed by atoms with E-state index in [-0.39, 0.29) is 34.5 Å². The SMILES string of the molecule is Nc1cc(Cl)cc(Oc2c(Cl)ccc(CNC(=O)c3cc4c5c(ccc4[nH]3)OCCS5)c2F)c1. The Morgan fingerprint density at radius 1 is 1.21 bits per heavy atom. The van der Waals surface area contributed by atoms with E-state index in [1.54, 1.807) is 23.9 Å². The number of amides is 1.